The van der Waals surface area contributed by atoms with Crippen molar-refractivity contribution in [2.24, 2.45) is 5.92 Å². The summed E-state index contributed by atoms with van der Waals surface area (Å²) in [6.07, 6.45) is 2.48. The molecule has 1 heterocycles. The van der Waals surface area contributed by atoms with Crippen LogP contribution in [0, 0.1) is 5.92 Å². The van der Waals surface area contributed by atoms with E-state index >= 15 is 0 Å². The third-order valence-corrected chi connectivity index (χ3v) is 4.39. The van der Waals surface area contributed by atoms with Crippen molar-refractivity contribution in [3.05, 3.63) is 16.6 Å². The maximum Gasteiger partial charge on any atom is 0.0795 e. The van der Waals surface area contributed by atoms with Gasteiger partial charge in [0.2, 0.25) is 0 Å². The van der Waals surface area contributed by atoms with E-state index in [4.69, 9.17) is 0 Å². The minimum Gasteiger partial charge on any atom is -0.307 e. The third-order valence-electron chi connectivity index (χ3n) is 3.78. The van der Waals surface area contributed by atoms with Crippen molar-refractivity contribution in [1.29, 1.82) is 0 Å². The van der Waals surface area contributed by atoms with Gasteiger partial charge in [-0.2, -0.15) is 0 Å². The molecular weight excluding hydrogens is 242 g/mol. The molecule has 0 radical (unpaired) electrons. The van der Waals surface area contributed by atoms with Gasteiger partial charge in [-0.3, -0.25) is 0 Å². The van der Waals surface area contributed by atoms with Crippen LogP contribution in [0.5, 0.6) is 0 Å². The summed E-state index contributed by atoms with van der Waals surface area (Å²) in [6, 6.07) is 0.939. The Morgan fingerprint density at radius 1 is 1.33 bits per heavy atom. The zero-order valence-corrected chi connectivity index (χ0v) is 13.1. The maximum atomic E-state index is 4.37. The summed E-state index contributed by atoms with van der Waals surface area (Å²) in [5.74, 6) is 0.759. The van der Waals surface area contributed by atoms with Gasteiger partial charge in [-0.15, -0.1) is 11.3 Å². The second-order valence-corrected chi connectivity index (χ2v) is 5.87. The second kappa shape index (κ2) is 7.87. The fourth-order valence-electron chi connectivity index (χ4n) is 2.44. The molecule has 0 aromatic carbocycles. The van der Waals surface area contributed by atoms with Crippen LogP contribution >= 0.6 is 11.3 Å². The Labute approximate surface area is 116 Å². The van der Waals surface area contributed by atoms with E-state index in [1.807, 2.05) is 5.51 Å². The third kappa shape index (κ3) is 4.34. The topological polar surface area (TPSA) is 28.2 Å². The lowest BCUT2D eigenvalue weighted by atomic mass is 9.93. The lowest BCUT2D eigenvalue weighted by Gasteiger charge is -2.32. The molecule has 0 bridgehead atoms. The molecule has 4 heteroatoms. The van der Waals surface area contributed by atoms with E-state index in [9.17, 15) is 0 Å². The largest absolute Gasteiger partial charge is 0.307 e. The fraction of sp³-hybridized carbons (Fsp3) is 0.786. The number of hydrogen-bond donors (Lipinski definition) is 1. The smallest absolute Gasteiger partial charge is 0.0795 e. The molecule has 2 unspecified atom stereocenters. The average Bonchev–Trinajstić information content (AvgIpc) is 2.87. The van der Waals surface area contributed by atoms with Crippen LogP contribution in [-0.2, 0) is 0 Å². The van der Waals surface area contributed by atoms with Crippen molar-refractivity contribution < 1.29 is 0 Å². The fourth-order valence-corrected chi connectivity index (χ4v) is 3.09. The standard InChI is InChI=1S/C14H27N3S/c1-6-12(7-2)14(17(4)5)8-15-11(3)13-9-18-10-16-13/h9-12,14-15H,6-8H2,1-5H3. The van der Waals surface area contributed by atoms with Gasteiger partial charge in [0, 0.05) is 24.0 Å². The zero-order chi connectivity index (χ0) is 13.5. The Kier molecular flexibility index (Phi) is 6.82. The average molecular weight is 269 g/mol. The molecular formula is C14H27N3S. The first-order valence-electron chi connectivity index (χ1n) is 6.88. The van der Waals surface area contributed by atoms with E-state index in [0.717, 1.165) is 18.2 Å². The van der Waals surface area contributed by atoms with Crippen LogP contribution < -0.4 is 5.32 Å². The molecule has 0 saturated heterocycles. The quantitative estimate of drug-likeness (QED) is 0.786. The molecule has 0 fully saturated rings. The molecule has 0 spiro atoms. The maximum absolute atomic E-state index is 4.37. The van der Waals surface area contributed by atoms with Crippen LogP contribution in [0.25, 0.3) is 0 Å². The highest BCUT2D eigenvalue weighted by atomic mass is 32.1. The van der Waals surface area contributed by atoms with Crippen LogP contribution in [0.4, 0.5) is 0 Å². The Balaban J connectivity index is 2.52. The molecule has 1 aromatic heterocycles. The van der Waals surface area contributed by atoms with Crippen LogP contribution in [0.2, 0.25) is 0 Å². The monoisotopic (exact) mass is 269 g/mol. The van der Waals surface area contributed by atoms with Crippen LogP contribution in [0.3, 0.4) is 0 Å². The highest BCUT2D eigenvalue weighted by Crippen LogP contribution is 2.18. The number of aromatic nitrogens is 1. The molecule has 18 heavy (non-hydrogen) atoms. The Hall–Kier alpha value is -0.450. The molecule has 0 saturated carbocycles. The van der Waals surface area contributed by atoms with Crippen molar-refractivity contribution in [1.82, 2.24) is 15.2 Å². The van der Waals surface area contributed by atoms with Crippen molar-refractivity contribution >= 4 is 11.3 Å². The first kappa shape index (κ1) is 15.6. The van der Waals surface area contributed by atoms with E-state index in [-0.39, 0.29) is 0 Å². The van der Waals surface area contributed by atoms with E-state index in [0.29, 0.717) is 12.1 Å². The van der Waals surface area contributed by atoms with Gasteiger partial charge in [-0.25, -0.2) is 4.98 Å². The zero-order valence-electron chi connectivity index (χ0n) is 12.3. The van der Waals surface area contributed by atoms with Gasteiger partial charge in [0.1, 0.15) is 0 Å². The Bertz CT molecular complexity index is 307. The summed E-state index contributed by atoms with van der Waals surface area (Å²) in [5.41, 5.74) is 3.06. The van der Waals surface area contributed by atoms with Gasteiger partial charge >= 0.3 is 0 Å². The molecule has 1 rings (SSSR count). The number of thiazole rings is 1. The normalized spacial score (nSPS) is 15.3. The van der Waals surface area contributed by atoms with E-state index in [2.05, 4.69) is 55.4 Å². The predicted molar refractivity (Wildman–Crippen MR) is 80.1 cm³/mol. The highest BCUT2D eigenvalue weighted by molar-refractivity contribution is 7.07. The predicted octanol–water partition coefficient (Wildman–Crippen LogP) is 3.16. The van der Waals surface area contributed by atoms with Gasteiger partial charge in [0.05, 0.1) is 11.2 Å². The van der Waals surface area contributed by atoms with E-state index in [1.54, 1.807) is 11.3 Å². The van der Waals surface area contributed by atoms with Gasteiger partial charge in [0.15, 0.2) is 0 Å². The molecule has 1 aromatic rings. The lowest BCUT2D eigenvalue weighted by Crippen LogP contribution is -2.43. The van der Waals surface area contributed by atoms with E-state index < -0.39 is 0 Å². The van der Waals surface area contributed by atoms with Crippen LogP contribution in [0.1, 0.15) is 45.3 Å². The minimum atomic E-state index is 0.341. The molecule has 0 aliphatic heterocycles. The molecule has 0 aliphatic rings. The van der Waals surface area contributed by atoms with Crippen LogP contribution in [-0.4, -0.2) is 36.6 Å². The van der Waals surface area contributed by atoms with Crippen molar-refractivity contribution in [3.63, 3.8) is 0 Å². The SMILES string of the molecule is CCC(CC)C(CNC(C)c1cscn1)N(C)C. The summed E-state index contributed by atoms with van der Waals surface area (Å²) in [6.45, 7) is 7.79. The molecule has 1 N–H and O–H groups in total. The number of nitrogens with zero attached hydrogens (tertiary/aromatic N) is 2. The molecule has 2 atom stereocenters. The Morgan fingerprint density at radius 2 is 2.00 bits per heavy atom. The first-order chi connectivity index (χ1) is 8.60. The van der Waals surface area contributed by atoms with Gasteiger partial charge < -0.3 is 10.2 Å². The second-order valence-electron chi connectivity index (χ2n) is 5.15. The first-order valence-corrected chi connectivity index (χ1v) is 7.82. The van der Waals surface area contributed by atoms with Crippen LogP contribution in [0.15, 0.2) is 10.9 Å². The van der Waals surface area contributed by atoms with Crippen molar-refractivity contribution in [3.8, 4) is 0 Å². The van der Waals surface area contributed by atoms with Gasteiger partial charge in [-0.1, -0.05) is 26.7 Å². The Morgan fingerprint density at radius 3 is 2.44 bits per heavy atom. The number of rotatable bonds is 8. The molecule has 0 amide bonds. The summed E-state index contributed by atoms with van der Waals surface area (Å²) >= 11 is 1.66. The minimum absolute atomic E-state index is 0.341. The van der Waals surface area contributed by atoms with E-state index in [1.165, 1.54) is 12.8 Å². The molecule has 104 valence electrons. The van der Waals surface area contributed by atoms with Gasteiger partial charge in [-0.05, 0) is 26.9 Å². The number of likely N-dealkylation sites (N-methyl/N-ethyl adjacent to an activating group) is 1. The molecule has 3 nitrogen and oxygen atoms in total. The number of nitrogens with one attached hydrogen (secondary N) is 1. The summed E-state index contributed by atoms with van der Waals surface area (Å²) < 4.78 is 0. The summed E-state index contributed by atoms with van der Waals surface area (Å²) in [5, 5.41) is 5.74. The summed E-state index contributed by atoms with van der Waals surface area (Å²) in [4.78, 5) is 6.71. The summed E-state index contributed by atoms with van der Waals surface area (Å²) in [7, 11) is 4.36. The van der Waals surface area contributed by atoms with Crippen molar-refractivity contribution in [2.75, 3.05) is 20.6 Å². The lowest BCUT2D eigenvalue weighted by molar-refractivity contribution is 0.190. The van der Waals surface area contributed by atoms with Gasteiger partial charge in [0.25, 0.3) is 0 Å². The van der Waals surface area contributed by atoms with Crippen molar-refractivity contribution in [2.45, 2.75) is 45.7 Å². The highest BCUT2D eigenvalue weighted by Gasteiger charge is 2.21. The molecule has 0 aliphatic carbocycles. The number of hydrogen-bond acceptors (Lipinski definition) is 4.